The molecule has 1 aromatic heterocycles. The summed E-state index contributed by atoms with van der Waals surface area (Å²) in [5.41, 5.74) is 9.85. The van der Waals surface area contributed by atoms with Gasteiger partial charge in [0.2, 0.25) is 0 Å². The van der Waals surface area contributed by atoms with E-state index < -0.39 is 0 Å². The zero-order valence-corrected chi connectivity index (χ0v) is 9.35. The monoisotopic (exact) mass is 213 g/mol. The average Bonchev–Trinajstić information content (AvgIpc) is 2.33. The minimum atomic E-state index is 0.617. The molecule has 0 amide bonds. The summed E-state index contributed by atoms with van der Waals surface area (Å²) in [5, 5.41) is 0. The van der Waals surface area contributed by atoms with Crippen molar-refractivity contribution in [3.8, 4) is 11.3 Å². The van der Waals surface area contributed by atoms with E-state index >= 15 is 0 Å². The Morgan fingerprint density at radius 3 is 2.56 bits per heavy atom. The normalized spacial score (nSPS) is 10.4. The quantitative estimate of drug-likeness (QED) is 0.847. The Kier molecular flexibility index (Phi) is 3.27. The fourth-order valence-electron chi connectivity index (χ4n) is 1.76. The van der Waals surface area contributed by atoms with Crippen LogP contribution in [0.5, 0.6) is 0 Å². The van der Waals surface area contributed by atoms with Crippen molar-refractivity contribution < 1.29 is 0 Å². The van der Waals surface area contributed by atoms with E-state index in [9.17, 15) is 0 Å². The van der Waals surface area contributed by atoms with E-state index in [1.807, 2.05) is 25.1 Å². The van der Waals surface area contributed by atoms with Gasteiger partial charge in [0.15, 0.2) is 0 Å². The lowest BCUT2D eigenvalue weighted by Crippen LogP contribution is -2.07. The lowest BCUT2D eigenvalue weighted by molar-refractivity contribution is 0.895. The summed E-state index contributed by atoms with van der Waals surface area (Å²) in [6.07, 6.45) is 2.41. The van der Waals surface area contributed by atoms with Crippen LogP contribution in [0.1, 0.15) is 11.3 Å². The van der Waals surface area contributed by atoms with Crippen LogP contribution in [0.15, 0.2) is 36.7 Å². The molecule has 3 heteroatoms. The molecular formula is C13H15N3. The Balaban J connectivity index is 2.46. The number of aromatic nitrogens is 2. The molecule has 0 fully saturated rings. The number of hydrogen-bond acceptors (Lipinski definition) is 3. The van der Waals surface area contributed by atoms with Crippen LogP contribution in [0.25, 0.3) is 11.3 Å². The molecule has 82 valence electrons. The second-order valence-corrected chi connectivity index (χ2v) is 3.70. The van der Waals surface area contributed by atoms with Gasteiger partial charge in [-0.3, -0.25) is 0 Å². The summed E-state index contributed by atoms with van der Waals surface area (Å²) in [7, 11) is 0. The first-order chi connectivity index (χ1) is 7.83. The lowest BCUT2D eigenvalue weighted by Gasteiger charge is -2.08. The molecule has 0 bridgehead atoms. The van der Waals surface area contributed by atoms with Crippen molar-refractivity contribution >= 4 is 0 Å². The van der Waals surface area contributed by atoms with Gasteiger partial charge >= 0.3 is 0 Å². The molecule has 0 unspecified atom stereocenters. The highest BCUT2D eigenvalue weighted by molar-refractivity contribution is 5.63. The van der Waals surface area contributed by atoms with Crippen molar-refractivity contribution in [3.63, 3.8) is 0 Å². The van der Waals surface area contributed by atoms with Crippen LogP contribution >= 0.6 is 0 Å². The molecule has 0 aliphatic carbocycles. The molecule has 16 heavy (non-hydrogen) atoms. The van der Waals surface area contributed by atoms with Crippen LogP contribution in [0, 0.1) is 6.92 Å². The summed E-state index contributed by atoms with van der Waals surface area (Å²) in [4.78, 5) is 8.60. The minimum absolute atomic E-state index is 0.617. The third kappa shape index (κ3) is 2.09. The van der Waals surface area contributed by atoms with Gasteiger partial charge in [0.1, 0.15) is 6.33 Å². The first-order valence-corrected chi connectivity index (χ1v) is 5.39. The molecule has 0 radical (unpaired) electrons. The Morgan fingerprint density at radius 2 is 1.88 bits per heavy atom. The fourth-order valence-corrected chi connectivity index (χ4v) is 1.76. The van der Waals surface area contributed by atoms with Gasteiger partial charge in [0.05, 0.1) is 5.69 Å². The Hall–Kier alpha value is -1.74. The summed E-state index contributed by atoms with van der Waals surface area (Å²) in [6, 6.07) is 10.1. The molecule has 2 N–H and O–H groups in total. The van der Waals surface area contributed by atoms with Crippen molar-refractivity contribution in [2.24, 2.45) is 5.73 Å². The second kappa shape index (κ2) is 4.86. The number of nitrogens with zero attached hydrogens (tertiary/aromatic N) is 2. The van der Waals surface area contributed by atoms with Crippen LogP contribution in [-0.4, -0.2) is 16.5 Å². The first kappa shape index (κ1) is 10.8. The molecule has 0 aliphatic rings. The highest BCUT2D eigenvalue weighted by Crippen LogP contribution is 2.21. The van der Waals surface area contributed by atoms with Gasteiger partial charge in [-0.1, -0.05) is 30.3 Å². The SMILES string of the molecule is Cc1c(CCN)ncnc1-c1ccccc1. The molecule has 1 aromatic carbocycles. The molecule has 0 saturated carbocycles. The fraction of sp³-hybridized carbons (Fsp3) is 0.231. The summed E-state index contributed by atoms with van der Waals surface area (Å²) < 4.78 is 0. The van der Waals surface area contributed by atoms with Gasteiger partial charge in [-0.05, 0) is 19.0 Å². The van der Waals surface area contributed by atoms with Crippen LogP contribution in [0.4, 0.5) is 0 Å². The van der Waals surface area contributed by atoms with Crippen molar-refractivity contribution in [1.82, 2.24) is 9.97 Å². The predicted molar refractivity (Wildman–Crippen MR) is 65.0 cm³/mol. The van der Waals surface area contributed by atoms with Gasteiger partial charge in [-0.2, -0.15) is 0 Å². The van der Waals surface area contributed by atoms with E-state index in [-0.39, 0.29) is 0 Å². The Bertz CT molecular complexity index is 466. The first-order valence-electron chi connectivity index (χ1n) is 5.39. The van der Waals surface area contributed by atoms with E-state index in [1.54, 1.807) is 6.33 Å². The molecule has 0 aliphatic heterocycles. The van der Waals surface area contributed by atoms with Crippen LogP contribution < -0.4 is 5.73 Å². The maximum Gasteiger partial charge on any atom is 0.116 e. The molecule has 2 rings (SSSR count). The largest absolute Gasteiger partial charge is 0.330 e. The number of rotatable bonds is 3. The van der Waals surface area contributed by atoms with Crippen LogP contribution in [-0.2, 0) is 6.42 Å². The number of nitrogens with two attached hydrogens (primary N) is 1. The molecule has 1 heterocycles. The van der Waals surface area contributed by atoms with Gasteiger partial charge in [-0.25, -0.2) is 9.97 Å². The summed E-state index contributed by atoms with van der Waals surface area (Å²) >= 11 is 0. The van der Waals surface area contributed by atoms with Crippen LogP contribution in [0.2, 0.25) is 0 Å². The standard InChI is InChI=1S/C13H15N3/c1-10-12(7-8-14)15-9-16-13(10)11-5-3-2-4-6-11/h2-6,9H,7-8,14H2,1H3. The lowest BCUT2D eigenvalue weighted by atomic mass is 10.0. The summed E-state index contributed by atoms with van der Waals surface area (Å²) in [6.45, 7) is 2.67. The van der Waals surface area contributed by atoms with E-state index in [0.717, 1.165) is 28.9 Å². The zero-order valence-electron chi connectivity index (χ0n) is 9.35. The van der Waals surface area contributed by atoms with Gasteiger partial charge in [0.25, 0.3) is 0 Å². The van der Waals surface area contributed by atoms with Gasteiger partial charge in [-0.15, -0.1) is 0 Å². The predicted octanol–water partition coefficient (Wildman–Crippen LogP) is 1.95. The van der Waals surface area contributed by atoms with Gasteiger partial charge < -0.3 is 5.73 Å². The van der Waals surface area contributed by atoms with Crippen LogP contribution in [0.3, 0.4) is 0 Å². The smallest absolute Gasteiger partial charge is 0.116 e. The van der Waals surface area contributed by atoms with E-state index in [0.29, 0.717) is 6.54 Å². The third-order valence-electron chi connectivity index (χ3n) is 2.62. The van der Waals surface area contributed by atoms with E-state index in [2.05, 4.69) is 22.1 Å². The van der Waals surface area contributed by atoms with E-state index in [1.165, 1.54) is 0 Å². The average molecular weight is 213 g/mol. The second-order valence-electron chi connectivity index (χ2n) is 3.70. The Morgan fingerprint density at radius 1 is 1.12 bits per heavy atom. The molecule has 0 saturated heterocycles. The minimum Gasteiger partial charge on any atom is -0.330 e. The highest BCUT2D eigenvalue weighted by atomic mass is 14.8. The maximum absolute atomic E-state index is 5.56. The van der Waals surface area contributed by atoms with Crippen molar-refractivity contribution in [3.05, 3.63) is 47.9 Å². The summed E-state index contributed by atoms with van der Waals surface area (Å²) in [5.74, 6) is 0. The van der Waals surface area contributed by atoms with Crippen molar-refractivity contribution in [2.75, 3.05) is 6.54 Å². The molecule has 0 atom stereocenters. The number of benzene rings is 1. The molecule has 0 spiro atoms. The number of hydrogen-bond donors (Lipinski definition) is 1. The molecular weight excluding hydrogens is 198 g/mol. The Labute approximate surface area is 95.4 Å². The van der Waals surface area contributed by atoms with E-state index in [4.69, 9.17) is 5.73 Å². The molecule has 3 nitrogen and oxygen atoms in total. The van der Waals surface area contributed by atoms with Crippen molar-refractivity contribution in [2.45, 2.75) is 13.3 Å². The third-order valence-corrected chi connectivity index (χ3v) is 2.62. The zero-order chi connectivity index (χ0) is 11.4. The highest BCUT2D eigenvalue weighted by Gasteiger charge is 2.07. The maximum atomic E-state index is 5.56. The van der Waals surface area contributed by atoms with Gasteiger partial charge in [0, 0.05) is 17.7 Å². The topological polar surface area (TPSA) is 51.8 Å². The van der Waals surface area contributed by atoms with Crippen molar-refractivity contribution in [1.29, 1.82) is 0 Å². The molecule has 2 aromatic rings.